The van der Waals surface area contributed by atoms with E-state index in [0.717, 1.165) is 5.56 Å². The van der Waals surface area contributed by atoms with Crippen molar-refractivity contribution in [1.29, 1.82) is 0 Å². The molecule has 0 saturated carbocycles. The van der Waals surface area contributed by atoms with Gasteiger partial charge in [-0.3, -0.25) is 0 Å². The van der Waals surface area contributed by atoms with Crippen LogP contribution in [0.2, 0.25) is 0 Å². The van der Waals surface area contributed by atoms with Gasteiger partial charge in [-0.05, 0) is 61.9 Å². The number of rotatable bonds is 4. The zero-order valence-corrected chi connectivity index (χ0v) is 19.1. The van der Waals surface area contributed by atoms with Crippen molar-refractivity contribution in [3.8, 4) is 0 Å². The Morgan fingerprint density at radius 1 is 0.613 bits per heavy atom. The van der Waals surface area contributed by atoms with E-state index in [4.69, 9.17) is 0 Å². The van der Waals surface area contributed by atoms with Gasteiger partial charge in [0.2, 0.25) is 0 Å². The van der Waals surface area contributed by atoms with Gasteiger partial charge in [-0.15, -0.1) is 0 Å². The fraction of sp³-hybridized carbons (Fsp3) is 0.0769. The molecular formula is C26H24O3S2. The van der Waals surface area contributed by atoms with Crippen LogP contribution in [0.1, 0.15) is 11.1 Å². The molecule has 3 nitrogen and oxygen atoms in total. The number of hydrogen-bond donors (Lipinski definition) is 0. The molecular weight excluding hydrogens is 424 g/mol. The van der Waals surface area contributed by atoms with Crippen molar-refractivity contribution < 1.29 is 13.0 Å². The van der Waals surface area contributed by atoms with Gasteiger partial charge in [0.25, 0.3) is 0 Å². The summed E-state index contributed by atoms with van der Waals surface area (Å²) in [6.45, 7) is 3.45. The maximum absolute atomic E-state index is 10.6. The zero-order chi connectivity index (χ0) is 22.3. The van der Waals surface area contributed by atoms with Gasteiger partial charge in [-0.1, -0.05) is 72.3 Å². The summed E-state index contributed by atoms with van der Waals surface area (Å²) in [6, 6.07) is 36.8. The number of aryl methyl sites for hydroxylation is 2. The smallest absolute Gasteiger partial charge is 0.166 e. The minimum Gasteiger partial charge on any atom is -0.744 e. The van der Waals surface area contributed by atoms with Crippen LogP contribution in [0.3, 0.4) is 0 Å². The van der Waals surface area contributed by atoms with E-state index < -0.39 is 10.1 Å². The van der Waals surface area contributed by atoms with Crippen molar-refractivity contribution in [2.24, 2.45) is 0 Å². The fourth-order valence-corrected chi connectivity index (χ4v) is 5.95. The van der Waals surface area contributed by atoms with Crippen molar-refractivity contribution in [2.45, 2.75) is 33.4 Å². The van der Waals surface area contributed by atoms with E-state index in [1.165, 1.54) is 20.8 Å². The molecule has 0 aliphatic carbocycles. The third-order valence-electron chi connectivity index (χ3n) is 4.54. The predicted octanol–water partition coefficient (Wildman–Crippen LogP) is 5.99. The van der Waals surface area contributed by atoms with Gasteiger partial charge in [0, 0.05) is 0 Å². The van der Waals surface area contributed by atoms with Gasteiger partial charge in [0.15, 0.2) is 14.7 Å². The maximum atomic E-state index is 10.6. The molecule has 0 N–H and O–H groups in total. The van der Waals surface area contributed by atoms with Crippen LogP contribution in [0.5, 0.6) is 0 Å². The molecule has 0 amide bonds. The molecule has 0 saturated heterocycles. The normalized spacial score (nSPS) is 11.0. The first-order valence-corrected chi connectivity index (χ1v) is 12.4. The Kier molecular flexibility index (Phi) is 7.69. The second kappa shape index (κ2) is 10.4. The van der Waals surface area contributed by atoms with E-state index in [1.807, 2.05) is 6.92 Å². The summed E-state index contributed by atoms with van der Waals surface area (Å²) in [5.41, 5.74) is 1.45. The molecule has 0 aromatic heterocycles. The molecule has 0 atom stereocenters. The SMILES string of the molecule is Cc1ccc(S(=O)(=O)[O-])c(C)c1.c1ccc([S+](c2ccccc2)c2ccccc2)cc1. The van der Waals surface area contributed by atoms with Crippen molar-refractivity contribution in [3.63, 3.8) is 0 Å². The summed E-state index contributed by atoms with van der Waals surface area (Å²) in [5.74, 6) is 0. The Morgan fingerprint density at radius 3 is 1.32 bits per heavy atom. The molecule has 0 unspecified atom stereocenters. The molecule has 4 aromatic rings. The topological polar surface area (TPSA) is 57.2 Å². The highest BCUT2D eigenvalue weighted by Crippen LogP contribution is 2.30. The van der Waals surface area contributed by atoms with Crippen LogP contribution < -0.4 is 0 Å². The summed E-state index contributed by atoms with van der Waals surface area (Å²) in [4.78, 5) is 3.95. The quantitative estimate of drug-likeness (QED) is 0.285. The lowest BCUT2D eigenvalue weighted by Crippen LogP contribution is -2.04. The highest BCUT2D eigenvalue weighted by molar-refractivity contribution is 7.97. The van der Waals surface area contributed by atoms with Gasteiger partial charge >= 0.3 is 0 Å². The monoisotopic (exact) mass is 448 g/mol. The second-order valence-electron chi connectivity index (χ2n) is 6.97. The standard InChI is InChI=1S/C18H15S.C8H10O3S/c1-4-10-16(11-5-1)19(17-12-6-2-7-13-17)18-14-8-3-9-15-18;1-6-3-4-8(7(2)5-6)12(9,10)11/h1-15H;3-5H,1-2H3,(H,9,10,11)/q+1;/p-1. The molecule has 158 valence electrons. The Morgan fingerprint density at radius 2 is 1.00 bits per heavy atom. The van der Waals surface area contributed by atoms with E-state index in [0.29, 0.717) is 5.56 Å². The van der Waals surface area contributed by atoms with Crippen LogP contribution in [0.25, 0.3) is 0 Å². The summed E-state index contributed by atoms with van der Waals surface area (Å²) in [5, 5.41) is 0. The van der Waals surface area contributed by atoms with Crippen LogP contribution >= 0.6 is 0 Å². The highest BCUT2D eigenvalue weighted by Gasteiger charge is 2.27. The number of benzene rings is 4. The van der Waals surface area contributed by atoms with E-state index in [9.17, 15) is 13.0 Å². The fourth-order valence-electron chi connectivity index (χ4n) is 3.16. The van der Waals surface area contributed by atoms with E-state index in [1.54, 1.807) is 19.1 Å². The molecule has 0 fully saturated rings. The van der Waals surface area contributed by atoms with Crippen LogP contribution in [0, 0.1) is 13.8 Å². The van der Waals surface area contributed by atoms with E-state index in [-0.39, 0.29) is 15.8 Å². The Hall–Kier alpha value is -2.86. The highest BCUT2D eigenvalue weighted by atomic mass is 32.2. The van der Waals surface area contributed by atoms with E-state index in [2.05, 4.69) is 91.0 Å². The van der Waals surface area contributed by atoms with Gasteiger partial charge in [-0.25, -0.2) is 8.42 Å². The minimum atomic E-state index is -4.30. The molecule has 0 radical (unpaired) electrons. The van der Waals surface area contributed by atoms with Gasteiger partial charge < -0.3 is 4.55 Å². The first-order chi connectivity index (χ1) is 14.9. The molecule has 0 aliphatic heterocycles. The van der Waals surface area contributed by atoms with Crippen molar-refractivity contribution in [2.75, 3.05) is 0 Å². The third kappa shape index (κ3) is 6.31. The Bertz CT molecular complexity index is 1110. The van der Waals surface area contributed by atoms with E-state index >= 15 is 0 Å². The summed E-state index contributed by atoms with van der Waals surface area (Å²) >= 11 is 0. The molecule has 5 heteroatoms. The third-order valence-corrected chi connectivity index (χ3v) is 7.76. The molecule has 0 bridgehead atoms. The maximum Gasteiger partial charge on any atom is 0.166 e. The van der Waals surface area contributed by atoms with Crippen LogP contribution in [-0.2, 0) is 21.0 Å². The Labute approximate surface area is 187 Å². The molecule has 0 aliphatic rings. The predicted molar refractivity (Wildman–Crippen MR) is 125 cm³/mol. The van der Waals surface area contributed by atoms with Gasteiger partial charge in [0.1, 0.15) is 10.1 Å². The molecule has 31 heavy (non-hydrogen) atoms. The average Bonchev–Trinajstić information content (AvgIpc) is 2.76. The lowest BCUT2D eigenvalue weighted by atomic mass is 10.2. The van der Waals surface area contributed by atoms with Crippen LogP contribution in [-0.4, -0.2) is 13.0 Å². The first kappa shape index (κ1) is 22.8. The van der Waals surface area contributed by atoms with Crippen molar-refractivity contribution >= 4 is 21.0 Å². The van der Waals surface area contributed by atoms with Crippen molar-refractivity contribution in [1.82, 2.24) is 0 Å². The first-order valence-electron chi connectivity index (χ1n) is 9.79. The summed E-state index contributed by atoms with van der Waals surface area (Å²) < 4.78 is 31.8. The lowest BCUT2D eigenvalue weighted by Gasteiger charge is -2.10. The average molecular weight is 449 g/mol. The number of hydrogen-bond acceptors (Lipinski definition) is 3. The van der Waals surface area contributed by atoms with Crippen LogP contribution in [0.15, 0.2) is 129 Å². The van der Waals surface area contributed by atoms with Crippen LogP contribution in [0.4, 0.5) is 0 Å². The molecule has 0 heterocycles. The summed E-state index contributed by atoms with van der Waals surface area (Å²) in [7, 11) is -4.31. The van der Waals surface area contributed by atoms with Gasteiger partial charge in [0.05, 0.1) is 15.8 Å². The molecule has 4 aromatic carbocycles. The van der Waals surface area contributed by atoms with Gasteiger partial charge in [-0.2, -0.15) is 0 Å². The summed E-state index contributed by atoms with van der Waals surface area (Å²) in [6.07, 6.45) is 0. The lowest BCUT2D eigenvalue weighted by molar-refractivity contribution is 0.462. The largest absolute Gasteiger partial charge is 0.744 e. The zero-order valence-electron chi connectivity index (χ0n) is 17.4. The Balaban J connectivity index is 0.000000196. The molecule has 4 rings (SSSR count). The second-order valence-corrected chi connectivity index (χ2v) is 10.3. The minimum absolute atomic E-state index is 0.0146. The molecule has 0 spiro atoms. The van der Waals surface area contributed by atoms with Crippen molar-refractivity contribution in [3.05, 3.63) is 120 Å².